The first kappa shape index (κ1) is 29.1. The third kappa shape index (κ3) is 6.07. The van der Waals surface area contributed by atoms with Gasteiger partial charge in [-0.2, -0.15) is 0 Å². The van der Waals surface area contributed by atoms with Crippen molar-refractivity contribution in [2.24, 2.45) is 0 Å². The summed E-state index contributed by atoms with van der Waals surface area (Å²) in [7, 11) is 1.77. The van der Waals surface area contributed by atoms with Gasteiger partial charge in [0.1, 0.15) is 17.1 Å². The summed E-state index contributed by atoms with van der Waals surface area (Å²) in [5.74, 6) is -0.833. The van der Waals surface area contributed by atoms with Crippen molar-refractivity contribution < 1.29 is 23.9 Å². The van der Waals surface area contributed by atoms with Crippen molar-refractivity contribution in [1.29, 1.82) is 0 Å². The average molecular weight is 614 g/mol. The zero-order chi connectivity index (χ0) is 29.9. The zero-order valence-corrected chi connectivity index (χ0v) is 25.2. The standard InChI is InChI=1S/C33H31N3O5S2/c1-35-18-17-24(30(35)38)43-25-20-42-32-27(34-26(37)19-21-11-5-2-6-12-21)31(39)36(32)28(25)33(40)41-29(22-13-7-3-8-14-22)23-15-9-4-10-16-23/h2-16,24,27,29,32H,17-20H2,1H3,(H,34,37)/t24?,27-,32-/m1/s1. The predicted molar refractivity (Wildman–Crippen MR) is 167 cm³/mol. The molecule has 0 radical (unpaired) electrons. The number of rotatable bonds is 9. The number of fused-ring (bicyclic) bond motifs is 1. The Morgan fingerprint density at radius 1 is 0.930 bits per heavy atom. The normalized spacial score (nSPS) is 21.5. The summed E-state index contributed by atoms with van der Waals surface area (Å²) in [5.41, 5.74) is 2.60. The fraction of sp³-hybridized carbons (Fsp3) is 0.273. The molecule has 3 aromatic carbocycles. The van der Waals surface area contributed by atoms with Crippen LogP contribution in [0.25, 0.3) is 0 Å². The van der Waals surface area contributed by atoms with E-state index in [1.54, 1.807) is 11.9 Å². The van der Waals surface area contributed by atoms with E-state index in [0.29, 0.717) is 23.6 Å². The maximum atomic E-state index is 14.1. The molecule has 10 heteroatoms. The summed E-state index contributed by atoms with van der Waals surface area (Å²) in [6.07, 6.45) is 0.114. The van der Waals surface area contributed by atoms with Crippen LogP contribution in [0, 0.1) is 0 Å². The topological polar surface area (TPSA) is 96.0 Å². The lowest BCUT2D eigenvalue weighted by atomic mass is 10.0. The van der Waals surface area contributed by atoms with Crippen LogP contribution < -0.4 is 5.32 Å². The Labute approximate surface area is 258 Å². The minimum Gasteiger partial charge on any atom is -0.448 e. The van der Waals surface area contributed by atoms with Gasteiger partial charge in [0.05, 0.1) is 11.7 Å². The minimum atomic E-state index is -0.756. The van der Waals surface area contributed by atoms with E-state index in [1.807, 2.05) is 91.0 Å². The van der Waals surface area contributed by atoms with Gasteiger partial charge in [0.25, 0.3) is 5.91 Å². The number of amides is 3. The molecule has 3 aliphatic rings. The van der Waals surface area contributed by atoms with Crippen molar-refractivity contribution >= 4 is 47.2 Å². The number of ether oxygens (including phenoxy) is 1. The molecule has 1 N–H and O–H groups in total. The second-order valence-corrected chi connectivity index (χ2v) is 13.1. The summed E-state index contributed by atoms with van der Waals surface area (Å²) in [5, 5.41) is 2.09. The maximum absolute atomic E-state index is 14.1. The highest BCUT2D eigenvalue weighted by atomic mass is 32.2. The van der Waals surface area contributed by atoms with Crippen molar-refractivity contribution in [1.82, 2.24) is 15.1 Å². The lowest BCUT2D eigenvalue weighted by molar-refractivity contribution is -0.154. The Hall–Kier alpha value is -4.02. The van der Waals surface area contributed by atoms with Crippen molar-refractivity contribution in [3.8, 4) is 0 Å². The predicted octanol–water partition coefficient (Wildman–Crippen LogP) is 4.14. The Kier molecular flexibility index (Phi) is 8.58. The van der Waals surface area contributed by atoms with Crippen LogP contribution >= 0.6 is 23.5 Å². The number of hydrogen-bond donors (Lipinski definition) is 1. The molecule has 8 nitrogen and oxygen atoms in total. The second-order valence-electron chi connectivity index (χ2n) is 10.7. The minimum absolute atomic E-state index is 0.00442. The van der Waals surface area contributed by atoms with Crippen molar-refractivity contribution in [3.05, 3.63) is 118 Å². The molecular weight excluding hydrogens is 583 g/mol. The molecule has 3 aliphatic heterocycles. The molecule has 3 heterocycles. The second kappa shape index (κ2) is 12.7. The Morgan fingerprint density at radius 2 is 1.53 bits per heavy atom. The summed E-state index contributed by atoms with van der Waals surface area (Å²) < 4.78 is 6.21. The van der Waals surface area contributed by atoms with Gasteiger partial charge in [-0.3, -0.25) is 19.3 Å². The molecule has 1 unspecified atom stereocenters. The third-order valence-electron chi connectivity index (χ3n) is 7.74. The molecule has 220 valence electrons. The molecule has 0 spiro atoms. The number of carbonyl (C=O) groups is 4. The molecule has 2 saturated heterocycles. The van der Waals surface area contributed by atoms with Gasteiger partial charge < -0.3 is 15.0 Å². The fourth-order valence-electron chi connectivity index (χ4n) is 5.50. The summed E-state index contributed by atoms with van der Waals surface area (Å²) in [4.78, 5) is 57.1. The highest BCUT2D eigenvalue weighted by Gasteiger charge is 2.55. The monoisotopic (exact) mass is 613 g/mol. The van der Waals surface area contributed by atoms with Gasteiger partial charge in [0.15, 0.2) is 6.10 Å². The molecule has 6 rings (SSSR count). The van der Waals surface area contributed by atoms with Crippen LogP contribution in [0.3, 0.4) is 0 Å². The van der Waals surface area contributed by atoms with Crippen molar-refractivity contribution in [3.63, 3.8) is 0 Å². The average Bonchev–Trinajstić information content (AvgIpc) is 3.35. The van der Waals surface area contributed by atoms with E-state index in [4.69, 9.17) is 4.74 Å². The number of likely N-dealkylation sites (tertiary alicyclic amines) is 1. The lowest BCUT2D eigenvalue weighted by Gasteiger charge is -2.49. The Bertz CT molecular complexity index is 1510. The smallest absolute Gasteiger partial charge is 0.356 e. The van der Waals surface area contributed by atoms with E-state index in [0.717, 1.165) is 16.7 Å². The Morgan fingerprint density at radius 3 is 2.12 bits per heavy atom. The highest BCUT2D eigenvalue weighted by Crippen LogP contribution is 2.46. The molecule has 3 atom stereocenters. The van der Waals surface area contributed by atoms with Gasteiger partial charge in [-0.05, 0) is 23.1 Å². The number of esters is 1. The molecule has 3 aromatic rings. The van der Waals surface area contributed by atoms with Crippen LogP contribution in [-0.4, -0.2) is 69.5 Å². The lowest BCUT2D eigenvalue weighted by Crippen LogP contribution is -2.70. The molecule has 3 amide bonds. The van der Waals surface area contributed by atoms with Crippen LogP contribution in [0.4, 0.5) is 0 Å². The van der Waals surface area contributed by atoms with Gasteiger partial charge in [-0.25, -0.2) is 4.79 Å². The number of thioether (sulfide) groups is 2. The van der Waals surface area contributed by atoms with Crippen LogP contribution in [-0.2, 0) is 30.3 Å². The van der Waals surface area contributed by atoms with Crippen LogP contribution in [0.15, 0.2) is 102 Å². The summed E-state index contributed by atoms with van der Waals surface area (Å²) >= 11 is 2.82. The van der Waals surface area contributed by atoms with Gasteiger partial charge in [0, 0.05) is 24.3 Å². The first-order chi connectivity index (χ1) is 20.9. The van der Waals surface area contributed by atoms with Gasteiger partial charge in [0.2, 0.25) is 11.8 Å². The molecule has 43 heavy (non-hydrogen) atoms. The van der Waals surface area contributed by atoms with Gasteiger partial charge in [-0.1, -0.05) is 91.0 Å². The molecule has 0 bridgehead atoms. The van der Waals surface area contributed by atoms with Crippen molar-refractivity contribution in [2.75, 3.05) is 19.3 Å². The Balaban J connectivity index is 1.28. The van der Waals surface area contributed by atoms with Crippen molar-refractivity contribution in [2.45, 2.75) is 35.6 Å². The molecule has 0 aliphatic carbocycles. The summed E-state index contributed by atoms with van der Waals surface area (Å²) in [6, 6.07) is 27.5. The number of β-lactam (4-membered cyclic amide) rings is 1. The molecular formula is C33H31N3O5S2. The summed E-state index contributed by atoms with van der Waals surface area (Å²) in [6.45, 7) is 0.640. The van der Waals surface area contributed by atoms with Gasteiger partial charge in [-0.15, -0.1) is 23.5 Å². The van der Waals surface area contributed by atoms with E-state index >= 15 is 0 Å². The van der Waals surface area contributed by atoms with Crippen LogP contribution in [0.5, 0.6) is 0 Å². The van der Waals surface area contributed by atoms with E-state index in [9.17, 15) is 19.2 Å². The highest BCUT2D eigenvalue weighted by molar-refractivity contribution is 8.07. The number of hydrogen-bond acceptors (Lipinski definition) is 7. The number of nitrogens with one attached hydrogen (secondary N) is 1. The van der Waals surface area contributed by atoms with Crippen LogP contribution in [0.2, 0.25) is 0 Å². The van der Waals surface area contributed by atoms with E-state index in [-0.39, 0.29) is 35.1 Å². The van der Waals surface area contributed by atoms with Crippen LogP contribution in [0.1, 0.15) is 29.2 Å². The maximum Gasteiger partial charge on any atom is 0.356 e. The third-order valence-corrected chi connectivity index (χ3v) is 10.5. The molecule has 0 aromatic heterocycles. The fourth-order valence-corrected chi connectivity index (χ4v) is 8.31. The van der Waals surface area contributed by atoms with E-state index in [2.05, 4.69) is 5.32 Å². The van der Waals surface area contributed by atoms with E-state index < -0.39 is 23.5 Å². The molecule has 2 fully saturated rings. The largest absolute Gasteiger partial charge is 0.448 e. The number of carbonyl (C=O) groups excluding carboxylic acids is 4. The number of benzene rings is 3. The van der Waals surface area contributed by atoms with Gasteiger partial charge >= 0.3 is 5.97 Å². The SMILES string of the molecule is CN1CCC(SC2=C(C(=O)OC(c3ccccc3)c3ccccc3)N3C(=O)[C@@H](NC(=O)Cc4ccccc4)[C@H]3SC2)C1=O. The zero-order valence-electron chi connectivity index (χ0n) is 23.6. The quantitative estimate of drug-likeness (QED) is 0.286. The first-order valence-electron chi connectivity index (χ1n) is 14.1. The number of nitrogens with zero attached hydrogens (tertiary/aromatic N) is 2. The van der Waals surface area contributed by atoms with E-state index in [1.165, 1.54) is 28.4 Å². The molecule has 0 saturated carbocycles. The first-order valence-corrected chi connectivity index (χ1v) is 16.1.